The molecule has 2 heterocycles. The maximum atomic E-state index is 12.3. The molecule has 4 nitrogen and oxygen atoms in total. The van der Waals surface area contributed by atoms with Gasteiger partial charge in [-0.15, -0.1) is 12.4 Å². The Morgan fingerprint density at radius 2 is 2.21 bits per heavy atom. The van der Waals surface area contributed by atoms with Gasteiger partial charge < -0.3 is 15.1 Å². The van der Waals surface area contributed by atoms with Crippen LogP contribution in [0.15, 0.2) is 21.6 Å². The Kier molecular flexibility index (Phi) is 4.48. The van der Waals surface area contributed by atoms with Gasteiger partial charge in [0.25, 0.3) is 5.91 Å². The largest absolute Gasteiger partial charge is 0.445 e. The fraction of sp³-hybridized carbons (Fsp3) is 0.615. The van der Waals surface area contributed by atoms with Crippen molar-refractivity contribution < 1.29 is 9.21 Å². The van der Waals surface area contributed by atoms with Crippen molar-refractivity contribution in [2.45, 2.75) is 24.0 Å². The van der Waals surface area contributed by atoms with Gasteiger partial charge in [0, 0.05) is 19.1 Å². The number of amides is 1. The third kappa shape index (κ3) is 2.64. The normalized spacial score (nSPS) is 29.2. The minimum atomic E-state index is 0. The minimum absolute atomic E-state index is 0. The number of likely N-dealkylation sites (tertiary alicyclic amines) is 1. The third-order valence-corrected chi connectivity index (χ3v) is 4.81. The number of rotatable bonds is 2. The number of nitrogens with two attached hydrogens (primary N) is 1. The fourth-order valence-corrected chi connectivity index (χ4v) is 3.55. The molecule has 2 N–H and O–H groups in total. The first-order valence-electron chi connectivity index (χ1n) is 6.37. The van der Waals surface area contributed by atoms with E-state index in [0.717, 1.165) is 31.0 Å². The highest BCUT2D eigenvalue weighted by Gasteiger charge is 2.43. The molecule has 1 saturated heterocycles. The Hall–Kier alpha value is -0.650. The summed E-state index contributed by atoms with van der Waals surface area (Å²) in [4.78, 5) is 14.2. The van der Waals surface area contributed by atoms with E-state index in [0.29, 0.717) is 17.6 Å². The number of thioether (sulfide) groups is 1. The summed E-state index contributed by atoms with van der Waals surface area (Å²) in [6.07, 6.45) is 4.20. The molecule has 19 heavy (non-hydrogen) atoms. The summed E-state index contributed by atoms with van der Waals surface area (Å²) in [5, 5.41) is 0.787. The van der Waals surface area contributed by atoms with Crippen molar-refractivity contribution in [2.75, 3.05) is 19.3 Å². The number of furan rings is 1. The van der Waals surface area contributed by atoms with Crippen molar-refractivity contribution in [3.8, 4) is 0 Å². The van der Waals surface area contributed by atoms with Crippen LogP contribution in [-0.4, -0.2) is 36.2 Å². The zero-order chi connectivity index (χ0) is 12.7. The summed E-state index contributed by atoms with van der Waals surface area (Å²) in [6.45, 7) is 1.63. The molecule has 1 aromatic rings. The monoisotopic (exact) mass is 302 g/mol. The maximum absolute atomic E-state index is 12.3. The fourth-order valence-electron chi connectivity index (χ4n) is 3.17. The van der Waals surface area contributed by atoms with Crippen molar-refractivity contribution in [1.82, 2.24) is 4.90 Å². The van der Waals surface area contributed by atoms with Crippen molar-refractivity contribution in [2.24, 2.45) is 17.6 Å². The summed E-state index contributed by atoms with van der Waals surface area (Å²) < 4.78 is 5.50. The molecule has 3 atom stereocenters. The molecular formula is C13H19ClN2O2S. The number of fused-ring (bicyclic) bond motifs is 1. The zero-order valence-corrected chi connectivity index (χ0v) is 12.5. The molecule has 106 valence electrons. The standard InChI is InChI=1S/C13H18N2O2S.ClH/c1-18-12-5-4-11(17-12)13(16)15-6-8-2-3-10(14)9(8)7-15;/h4-5,8-10H,2-3,6-7,14H2,1H3;1H. The predicted octanol–water partition coefficient (Wildman–Crippen LogP) is 2.23. The second-order valence-electron chi connectivity index (χ2n) is 5.20. The topological polar surface area (TPSA) is 59.5 Å². The summed E-state index contributed by atoms with van der Waals surface area (Å²) in [5.41, 5.74) is 6.08. The van der Waals surface area contributed by atoms with Gasteiger partial charge in [-0.05, 0) is 43.1 Å². The van der Waals surface area contributed by atoms with E-state index in [9.17, 15) is 4.79 Å². The van der Waals surface area contributed by atoms with Gasteiger partial charge in [0.2, 0.25) is 0 Å². The molecule has 1 amide bonds. The molecule has 3 unspecified atom stereocenters. The molecule has 2 aliphatic rings. The molecule has 3 rings (SSSR count). The maximum Gasteiger partial charge on any atom is 0.289 e. The van der Waals surface area contributed by atoms with E-state index < -0.39 is 0 Å². The van der Waals surface area contributed by atoms with E-state index in [4.69, 9.17) is 10.2 Å². The molecule has 1 aliphatic carbocycles. The van der Waals surface area contributed by atoms with Gasteiger partial charge in [0.1, 0.15) is 0 Å². The molecule has 0 bridgehead atoms. The Morgan fingerprint density at radius 3 is 2.84 bits per heavy atom. The number of hydrogen-bond donors (Lipinski definition) is 1. The highest BCUT2D eigenvalue weighted by Crippen LogP contribution is 2.37. The first-order chi connectivity index (χ1) is 8.69. The Bertz CT molecular complexity index is 465. The average molecular weight is 303 g/mol. The van der Waals surface area contributed by atoms with Crippen LogP contribution in [0.1, 0.15) is 23.4 Å². The first kappa shape index (κ1) is 14.8. The van der Waals surface area contributed by atoms with Crippen LogP contribution in [0.5, 0.6) is 0 Å². The van der Waals surface area contributed by atoms with Gasteiger partial charge in [-0.1, -0.05) is 11.8 Å². The van der Waals surface area contributed by atoms with Gasteiger partial charge in [-0.2, -0.15) is 0 Å². The average Bonchev–Trinajstić information content (AvgIpc) is 3.06. The summed E-state index contributed by atoms with van der Waals surface area (Å²) >= 11 is 1.51. The molecule has 0 aromatic carbocycles. The van der Waals surface area contributed by atoms with Crippen molar-refractivity contribution in [3.05, 3.63) is 17.9 Å². The summed E-state index contributed by atoms with van der Waals surface area (Å²) in [7, 11) is 0. The van der Waals surface area contributed by atoms with Crippen LogP contribution in [0.3, 0.4) is 0 Å². The quantitative estimate of drug-likeness (QED) is 0.851. The van der Waals surface area contributed by atoms with Crippen LogP contribution in [-0.2, 0) is 0 Å². The van der Waals surface area contributed by atoms with Crippen LogP contribution in [0.2, 0.25) is 0 Å². The Labute approximate surface area is 123 Å². The number of halogens is 1. The van der Waals surface area contributed by atoms with E-state index in [-0.39, 0.29) is 24.4 Å². The number of carbonyl (C=O) groups is 1. The van der Waals surface area contributed by atoms with Crippen molar-refractivity contribution in [1.29, 1.82) is 0 Å². The first-order valence-corrected chi connectivity index (χ1v) is 7.60. The molecular weight excluding hydrogens is 284 g/mol. The zero-order valence-electron chi connectivity index (χ0n) is 10.9. The number of carbonyl (C=O) groups excluding carboxylic acids is 1. The van der Waals surface area contributed by atoms with Crippen LogP contribution >= 0.6 is 24.2 Å². The van der Waals surface area contributed by atoms with E-state index in [1.165, 1.54) is 11.8 Å². The van der Waals surface area contributed by atoms with E-state index >= 15 is 0 Å². The van der Waals surface area contributed by atoms with Gasteiger partial charge in [-0.25, -0.2) is 0 Å². The minimum Gasteiger partial charge on any atom is -0.445 e. The van der Waals surface area contributed by atoms with Crippen LogP contribution < -0.4 is 5.73 Å². The van der Waals surface area contributed by atoms with E-state index in [1.54, 1.807) is 6.07 Å². The lowest BCUT2D eigenvalue weighted by Gasteiger charge is -2.17. The molecule has 6 heteroatoms. The van der Waals surface area contributed by atoms with Crippen LogP contribution in [0.25, 0.3) is 0 Å². The van der Waals surface area contributed by atoms with Crippen LogP contribution in [0, 0.1) is 11.8 Å². The molecule has 2 fully saturated rings. The third-order valence-electron chi connectivity index (χ3n) is 4.19. The Morgan fingerprint density at radius 1 is 1.42 bits per heavy atom. The lowest BCUT2D eigenvalue weighted by Crippen LogP contribution is -2.33. The molecule has 1 saturated carbocycles. The van der Waals surface area contributed by atoms with Crippen molar-refractivity contribution >= 4 is 30.1 Å². The van der Waals surface area contributed by atoms with Crippen LogP contribution in [0.4, 0.5) is 0 Å². The van der Waals surface area contributed by atoms with Gasteiger partial charge in [0.05, 0.1) is 0 Å². The number of hydrogen-bond acceptors (Lipinski definition) is 4. The second kappa shape index (κ2) is 5.77. The lowest BCUT2D eigenvalue weighted by atomic mass is 9.98. The molecule has 1 aromatic heterocycles. The smallest absolute Gasteiger partial charge is 0.289 e. The van der Waals surface area contributed by atoms with Gasteiger partial charge >= 0.3 is 0 Å². The highest BCUT2D eigenvalue weighted by atomic mass is 35.5. The van der Waals surface area contributed by atoms with E-state index in [2.05, 4.69) is 0 Å². The highest BCUT2D eigenvalue weighted by molar-refractivity contribution is 7.98. The summed E-state index contributed by atoms with van der Waals surface area (Å²) in [5.74, 6) is 1.55. The summed E-state index contributed by atoms with van der Waals surface area (Å²) in [6, 6.07) is 3.88. The van der Waals surface area contributed by atoms with Gasteiger partial charge in [0.15, 0.2) is 10.9 Å². The van der Waals surface area contributed by atoms with Gasteiger partial charge in [-0.3, -0.25) is 4.79 Å². The predicted molar refractivity (Wildman–Crippen MR) is 77.8 cm³/mol. The van der Waals surface area contributed by atoms with Crippen molar-refractivity contribution in [3.63, 3.8) is 0 Å². The van der Waals surface area contributed by atoms with E-state index in [1.807, 2.05) is 17.2 Å². The Balaban J connectivity index is 0.00000133. The second-order valence-corrected chi connectivity index (χ2v) is 6.01. The molecule has 0 radical (unpaired) electrons. The molecule has 0 spiro atoms. The lowest BCUT2D eigenvalue weighted by molar-refractivity contribution is 0.0742. The SMILES string of the molecule is CSc1ccc(C(=O)N2CC3CCC(N)C3C2)o1.Cl. The molecule has 1 aliphatic heterocycles. The number of nitrogens with zero attached hydrogens (tertiary/aromatic N) is 1.